The van der Waals surface area contributed by atoms with E-state index in [0.29, 0.717) is 17.8 Å². The Morgan fingerprint density at radius 3 is 2.20 bits per heavy atom. The molecule has 5 rings (SSSR count). The van der Waals surface area contributed by atoms with Crippen molar-refractivity contribution in [2.75, 3.05) is 23.3 Å². The van der Waals surface area contributed by atoms with Crippen LogP contribution in [-0.4, -0.2) is 77.5 Å². The van der Waals surface area contributed by atoms with Crippen LogP contribution in [-0.2, 0) is 25.6 Å². The first-order valence-electron chi connectivity index (χ1n) is 14.3. The molecular weight excluding hydrogens is 821 g/mol. The van der Waals surface area contributed by atoms with E-state index in [1.54, 1.807) is 17.7 Å². The molecule has 2 atom stereocenters. The molecule has 0 aliphatic carbocycles. The first kappa shape index (κ1) is 43.4. The van der Waals surface area contributed by atoms with E-state index in [1.807, 2.05) is 0 Å². The van der Waals surface area contributed by atoms with Crippen molar-refractivity contribution in [1.82, 2.24) is 29.4 Å². The summed E-state index contributed by atoms with van der Waals surface area (Å²) in [4.78, 5) is 36.5. The van der Waals surface area contributed by atoms with Gasteiger partial charge in [-0.25, -0.2) is 23.0 Å². The van der Waals surface area contributed by atoms with Gasteiger partial charge in [0, 0.05) is 24.7 Å². The molecule has 3 heterocycles. The third-order valence-corrected chi connectivity index (χ3v) is 9.27. The molecule has 2 aromatic carbocycles. The molecule has 7 N–H and O–H groups in total. The zero-order chi connectivity index (χ0) is 40.9. The van der Waals surface area contributed by atoms with Crippen LogP contribution in [0.15, 0.2) is 53.9 Å². The number of rotatable bonds is 9. The van der Waals surface area contributed by atoms with Gasteiger partial charge in [0.2, 0.25) is 5.82 Å². The van der Waals surface area contributed by atoms with Crippen LogP contribution < -0.4 is 16.2 Å². The van der Waals surface area contributed by atoms with Crippen LogP contribution in [0.1, 0.15) is 17.7 Å². The summed E-state index contributed by atoms with van der Waals surface area (Å²) in [5.41, 5.74) is 8.71. The molecule has 0 saturated heterocycles. The fourth-order valence-electron chi connectivity index (χ4n) is 3.84. The summed E-state index contributed by atoms with van der Waals surface area (Å²) in [5.74, 6) is -3.56. The van der Waals surface area contributed by atoms with Crippen molar-refractivity contribution in [2.45, 2.75) is 30.7 Å². The number of hydrogen-bond donors (Lipinski definition) is 5. The molecule has 0 amide bonds. The number of carboxylic acids is 1. The Bertz CT molecular complexity index is 2320. The largest absolute Gasteiger partial charge is 0.480 e. The smallest absolute Gasteiger partial charge is 0.416 e. The van der Waals surface area contributed by atoms with Crippen LogP contribution in [0.3, 0.4) is 0 Å². The third kappa shape index (κ3) is 11.3. The number of nitrogens with zero attached hydrogens (tertiary/aromatic N) is 7. The van der Waals surface area contributed by atoms with E-state index in [-0.39, 0.29) is 34.1 Å². The normalized spacial score (nSPS) is 13.2. The van der Waals surface area contributed by atoms with Gasteiger partial charge in [0.1, 0.15) is 35.2 Å². The van der Waals surface area contributed by atoms with Crippen LogP contribution in [0.4, 0.5) is 39.1 Å². The van der Waals surface area contributed by atoms with E-state index in [4.69, 9.17) is 44.7 Å². The van der Waals surface area contributed by atoms with Crippen LogP contribution in [0.5, 0.6) is 0 Å². The Hall–Kier alpha value is -5.00. The summed E-state index contributed by atoms with van der Waals surface area (Å²) in [6.07, 6.45) is -2.30. The van der Waals surface area contributed by atoms with Gasteiger partial charge in [-0.15, -0.1) is 5.10 Å². The van der Waals surface area contributed by atoms with Gasteiger partial charge in [-0.05, 0) is 43.7 Å². The Morgan fingerprint density at radius 1 is 1.15 bits per heavy atom. The minimum atomic E-state index is -4.63. The maximum atomic E-state index is 13.5. The van der Waals surface area contributed by atoms with Crippen LogP contribution in [0.2, 0.25) is 10.0 Å². The quantitative estimate of drug-likeness (QED) is 0.0572. The molecule has 0 fully saturated rings. The maximum Gasteiger partial charge on any atom is 0.416 e. The highest BCUT2D eigenvalue weighted by Crippen LogP contribution is 2.39. The van der Waals surface area contributed by atoms with Crippen molar-refractivity contribution >= 4 is 69.5 Å². The van der Waals surface area contributed by atoms with Crippen LogP contribution in [0, 0.1) is 28.7 Å². The number of nitrogens with two attached hydrogens (primary N) is 2. The third-order valence-electron chi connectivity index (χ3n) is 6.48. The Kier molecular flexibility index (Phi) is 13.7. The number of nitro groups is 1. The highest BCUT2D eigenvalue weighted by molar-refractivity contribution is 7.92. The highest BCUT2D eigenvalue weighted by Gasteiger charge is 2.33. The molecule has 292 valence electrons. The van der Waals surface area contributed by atoms with Gasteiger partial charge in [0.05, 0.1) is 20.5 Å². The lowest BCUT2D eigenvalue weighted by molar-refractivity contribution is -0.383. The second kappa shape index (κ2) is 17.0. The van der Waals surface area contributed by atoms with Gasteiger partial charge in [0.15, 0.2) is 7.37 Å². The number of fused-ring (bicyclic) bond motifs is 1. The molecule has 0 bridgehead atoms. The topological polar surface area (TPSA) is 277 Å². The SMILES string of the molecule is CP(=O)(O)CCC(N)C(=O)O.Cc1ccn2nc(S(=O)(=O)Nc3c(F)cccc3F)nc2n1.Nc1c([N+](=O)[O-])cnn1-c1c(Cl)cc(C(F)(F)F)cc1Cl. The molecule has 0 aliphatic rings. The number of sulfonamides is 1. The van der Waals surface area contributed by atoms with E-state index in [0.717, 1.165) is 33.6 Å². The van der Waals surface area contributed by atoms with E-state index in [1.165, 1.54) is 12.9 Å². The van der Waals surface area contributed by atoms with E-state index >= 15 is 0 Å². The van der Waals surface area contributed by atoms with Crippen LogP contribution >= 0.6 is 30.6 Å². The first-order chi connectivity index (χ1) is 24.8. The number of halogens is 7. The molecule has 54 heavy (non-hydrogen) atoms. The van der Waals surface area contributed by atoms with Crippen molar-refractivity contribution in [3.05, 3.63) is 91.8 Å². The van der Waals surface area contributed by atoms with Crippen molar-refractivity contribution in [3.8, 4) is 5.69 Å². The van der Waals surface area contributed by atoms with Crippen molar-refractivity contribution in [2.24, 2.45) is 5.73 Å². The summed E-state index contributed by atoms with van der Waals surface area (Å²) < 4.78 is 104. The summed E-state index contributed by atoms with van der Waals surface area (Å²) in [6.45, 7) is 2.89. The highest BCUT2D eigenvalue weighted by atomic mass is 35.5. The van der Waals surface area contributed by atoms with Crippen LogP contribution in [0.25, 0.3) is 11.5 Å². The number of benzene rings is 2. The Labute approximate surface area is 310 Å². The first-order valence-corrected chi connectivity index (χ1v) is 18.8. The predicted octanol–water partition coefficient (Wildman–Crippen LogP) is 4.89. The fraction of sp³-hybridized carbons (Fsp3) is 0.222. The number of aryl methyl sites for hydroxylation is 1. The molecule has 5 aromatic rings. The summed E-state index contributed by atoms with van der Waals surface area (Å²) in [6, 6.07) is 4.84. The number of aliphatic carboxylic acids is 1. The van der Waals surface area contributed by atoms with Gasteiger partial charge in [-0.2, -0.15) is 31.7 Å². The summed E-state index contributed by atoms with van der Waals surface area (Å²) in [7, 11) is -7.45. The monoisotopic (exact) mass is 846 g/mol. The average Bonchev–Trinajstić information content (AvgIpc) is 3.65. The number of carboxylic acid groups (broad SMARTS) is 1. The number of hydrogen-bond acceptors (Lipinski definition) is 12. The maximum absolute atomic E-state index is 13.5. The molecule has 0 radical (unpaired) electrons. The zero-order valence-corrected chi connectivity index (χ0v) is 30.5. The minimum Gasteiger partial charge on any atom is -0.480 e. The second-order valence-electron chi connectivity index (χ2n) is 10.8. The van der Waals surface area contributed by atoms with E-state index in [2.05, 4.69) is 20.2 Å². The van der Waals surface area contributed by atoms with E-state index in [9.17, 15) is 49.8 Å². The predicted molar refractivity (Wildman–Crippen MR) is 183 cm³/mol. The lowest BCUT2D eigenvalue weighted by Crippen LogP contribution is -2.30. The number of anilines is 2. The molecule has 27 heteroatoms. The number of aromatic nitrogens is 6. The molecule has 0 saturated carbocycles. The van der Waals surface area contributed by atoms with E-state index < -0.39 is 80.0 Å². The summed E-state index contributed by atoms with van der Waals surface area (Å²) >= 11 is 11.5. The Balaban J connectivity index is 0.000000231. The second-order valence-corrected chi connectivity index (χ2v) is 15.7. The standard InChI is InChI=1S/C12H9F2N5O2S.C10H5Cl2F3N4O2.C5H12NO4P/c1-7-5-6-19-11(15-7)16-12(17-19)22(20,21)18-10-8(13)3-2-4-9(10)14;11-5-1-4(10(13,14)15)2-6(12)8(5)18-9(16)7(3-17-18)19(20)21;1-11(9,10)3-2-4(6)5(7)8/h2-6,18H,1H3;1-3H,16H2;4H,2-3,6H2,1H3,(H,7,8)(H,9,10). The number of nitrogens with one attached hydrogen (secondary N) is 1. The average molecular weight is 848 g/mol. The molecule has 3 aromatic heterocycles. The van der Waals surface area contributed by atoms with Gasteiger partial charge >= 0.3 is 17.8 Å². The molecule has 0 aliphatic heterocycles. The number of carbonyl (C=O) groups is 1. The summed E-state index contributed by atoms with van der Waals surface area (Å²) in [5, 5.41) is 24.9. The fourth-order valence-corrected chi connectivity index (χ4v) is 6.19. The molecular formula is C27H26Cl2F5N10O8PS. The minimum absolute atomic E-state index is 0.0412. The van der Waals surface area contributed by atoms with Gasteiger partial charge < -0.3 is 21.5 Å². The molecule has 2 unspecified atom stereocenters. The van der Waals surface area contributed by atoms with Crippen molar-refractivity contribution in [3.63, 3.8) is 0 Å². The lowest BCUT2D eigenvalue weighted by Gasteiger charge is -2.12. The number of alkyl halides is 3. The number of para-hydroxylation sites is 1. The van der Waals surface area contributed by atoms with Gasteiger partial charge in [-0.3, -0.25) is 24.2 Å². The molecule has 0 spiro atoms. The molecule has 18 nitrogen and oxygen atoms in total. The Morgan fingerprint density at radius 2 is 1.72 bits per heavy atom. The lowest BCUT2D eigenvalue weighted by atomic mass is 10.2. The van der Waals surface area contributed by atoms with Crippen molar-refractivity contribution in [1.29, 1.82) is 0 Å². The van der Waals surface area contributed by atoms with Gasteiger partial charge in [-0.1, -0.05) is 29.3 Å². The number of nitrogen functional groups attached to an aromatic ring is 1. The zero-order valence-electron chi connectivity index (χ0n) is 27.2. The van der Waals surface area contributed by atoms with Gasteiger partial charge in [0.25, 0.3) is 21.0 Å². The van der Waals surface area contributed by atoms with Crippen molar-refractivity contribution < 1.29 is 54.7 Å².